The zero-order valence-electron chi connectivity index (χ0n) is 10.9. The molecule has 2 aliphatic rings. The van der Waals surface area contributed by atoms with Crippen LogP contribution in [0.5, 0.6) is 0 Å². The van der Waals surface area contributed by atoms with Gasteiger partial charge in [-0.25, -0.2) is 4.39 Å². The number of fused-ring (bicyclic) bond motifs is 1. The summed E-state index contributed by atoms with van der Waals surface area (Å²) in [4.78, 5) is 1.94. The van der Waals surface area contributed by atoms with E-state index in [0.717, 1.165) is 13.0 Å². The van der Waals surface area contributed by atoms with Gasteiger partial charge in [0, 0.05) is 18.5 Å². The van der Waals surface area contributed by atoms with E-state index in [0.29, 0.717) is 13.0 Å². The summed E-state index contributed by atoms with van der Waals surface area (Å²) >= 11 is 0. The van der Waals surface area contributed by atoms with Crippen molar-refractivity contribution in [2.75, 3.05) is 19.6 Å². The van der Waals surface area contributed by atoms with Crippen molar-refractivity contribution in [1.29, 1.82) is 0 Å². The fourth-order valence-corrected chi connectivity index (χ4v) is 2.49. The normalized spacial score (nSPS) is 41.3. The summed E-state index contributed by atoms with van der Waals surface area (Å²) in [6, 6.07) is 0. The van der Waals surface area contributed by atoms with Crippen molar-refractivity contribution in [3.05, 3.63) is 0 Å². The molecule has 2 rings (SSSR count). The Morgan fingerprint density at radius 2 is 2.50 bits per heavy atom. The summed E-state index contributed by atoms with van der Waals surface area (Å²) < 4.78 is 35.1. The van der Waals surface area contributed by atoms with Gasteiger partial charge in [-0.3, -0.25) is 4.90 Å². The highest BCUT2D eigenvalue weighted by atomic mass is 19.1. The Bertz CT molecular complexity index is 275. The predicted molar refractivity (Wildman–Crippen MR) is 54.1 cm³/mol. The second-order valence-electron chi connectivity index (χ2n) is 4.65. The minimum absolute atomic E-state index is 0.175. The molecule has 14 heavy (non-hydrogen) atoms. The summed E-state index contributed by atoms with van der Waals surface area (Å²) in [7, 11) is 0. The first-order chi connectivity index (χ1) is 7.37. The molecule has 2 aliphatic heterocycles. The molecule has 82 valence electrons. The van der Waals surface area contributed by atoms with Gasteiger partial charge in [0.15, 0.2) is 0 Å². The molecule has 3 heteroatoms. The van der Waals surface area contributed by atoms with E-state index in [1.165, 1.54) is 0 Å². The number of hydrogen-bond donors (Lipinski definition) is 0. The van der Waals surface area contributed by atoms with E-state index in [2.05, 4.69) is 0 Å². The third-order valence-corrected chi connectivity index (χ3v) is 3.09. The predicted octanol–water partition coefficient (Wildman–Crippen LogP) is 1.99. The van der Waals surface area contributed by atoms with Crippen molar-refractivity contribution in [3.8, 4) is 0 Å². The van der Waals surface area contributed by atoms with E-state index in [4.69, 9.17) is 7.48 Å². The molecule has 2 saturated heterocycles. The van der Waals surface area contributed by atoms with E-state index in [-0.39, 0.29) is 12.5 Å². The van der Waals surface area contributed by atoms with Gasteiger partial charge in [-0.1, -0.05) is 0 Å². The molecule has 0 bridgehead atoms. The molecule has 0 N–H and O–H groups in total. The minimum Gasteiger partial charge on any atom is -0.377 e. The van der Waals surface area contributed by atoms with E-state index >= 15 is 0 Å². The number of hydrogen-bond acceptors (Lipinski definition) is 2. The highest BCUT2D eigenvalue weighted by Crippen LogP contribution is 2.40. The van der Waals surface area contributed by atoms with Crippen LogP contribution in [0.4, 0.5) is 4.39 Å². The largest absolute Gasteiger partial charge is 0.377 e. The number of rotatable bonds is 3. The van der Waals surface area contributed by atoms with Gasteiger partial charge in [0.1, 0.15) is 6.17 Å². The summed E-state index contributed by atoms with van der Waals surface area (Å²) in [6.45, 7) is 3.03. The summed E-state index contributed by atoms with van der Waals surface area (Å²) in [5, 5.41) is 0. The van der Waals surface area contributed by atoms with Crippen LogP contribution in [0.25, 0.3) is 0 Å². The monoisotopic (exact) mass is 203 g/mol. The van der Waals surface area contributed by atoms with E-state index in [9.17, 15) is 4.39 Å². The topological polar surface area (TPSA) is 12.5 Å². The molecule has 2 nitrogen and oxygen atoms in total. The highest BCUT2D eigenvalue weighted by Gasteiger charge is 2.48. The third-order valence-electron chi connectivity index (χ3n) is 3.09. The van der Waals surface area contributed by atoms with Crippen LogP contribution in [0.3, 0.4) is 0 Å². The van der Waals surface area contributed by atoms with Gasteiger partial charge in [-0.15, -0.1) is 0 Å². The van der Waals surface area contributed by atoms with E-state index in [1.807, 2.05) is 18.7 Å². The SMILES string of the molecule is [2H]C([2H])(OC(C)C)[C@@]12CCCN1C[C@H](F)C2. The lowest BCUT2D eigenvalue weighted by Crippen LogP contribution is -2.43. The molecule has 2 atom stereocenters. The standard InChI is InChI=1S/C11H20FNO/c1-9(2)14-8-11-4-3-5-13(11)7-10(12)6-11/h9-10H,3-8H2,1-2H3/t10-,11+/m1/s1/i8D2. The zero-order valence-corrected chi connectivity index (χ0v) is 8.92. The van der Waals surface area contributed by atoms with Crippen molar-refractivity contribution in [2.24, 2.45) is 0 Å². The van der Waals surface area contributed by atoms with Gasteiger partial charge in [0.2, 0.25) is 0 Å². The van der Waals surface area contributed by atoms with Crippen LogP contribution in [-0.4, -0.2) is 42.4 Å². The Morgan fingerprint density at radius 3 is 3.21 bits per heavy atom. The van der Waals surface area contributed by atoms with E-state index in [1.54, 1.807) is 0 Å². The summed E-state index contributed by atoms with van der Waals surface area (Å²) in [5.74, 6) is 0. The van der Waals surface area contributed by atoms with Crippen LogP contribution in [0, 0.1) is 0 Å². The van der Waals surface area contributed by atoms with Crippen molar-refractivity contribution in [1.82, 2.24) is 4.90 Å². The Morgan fingerprint density at radius 1 is 1.71 bits per heavy atom. The molecule has 0 aromatic carbocycles. The number of nitrogens with zero attached hydrogens (tertiary/aromatic N) is 1. The first kappa shape index (κ1) is 8.05. The van der Waals surface area contributed by atoms with Crippen LogP contribution >= 0.6 is 0 Å². The zero-order chi connectivity index (χ0) is 12.0. The number of ether oxygens (including phenoxy) is 1. The smallest absolute Gasteiger partial charge is 0.115 e. The molecule has 0 radical (unpaired) electrons. The van der Waals surface area contributed by atoms with Crippen LogP contribution in [-0.2, 0) is 4.74 Å². The van der Waals surface area contributed by atoms with Crippen LogP contribution in [0.1, 0.15) is 35.9 Å². The molecule has 2 heterocycles. The van der Waals surface area contributed by atoms with Crippen molar-refractivity contribution in [2.45, 2.75) is 50.9 Å². The van der Waals surface area contributed by atoms with Gasteiger partial charge in [-0.05, 0) is 33.2 Å². The van der Waals surface area contributed by atoms with Crippen LogP contribution in [0.15, 0.2) is 0 Å². The maximum absolute atomic E-state index is 13.5. The molecular weight excluding hydrogens is 181 g/mol. The molecule has 0 unspecified atom stereocenters. The van der Waals surface area contributed by atoms with E-state index < -0.39 is 18.3 Å². The van der Waals surface area contributed by atoms with Gasteiger partial charge < -0.3 is 4.74 Å². The van der Waals surface area contributed by atoms with Gasteiger partial charge in [0.05, 0.1) is 15.4 Å². The second-order valence-corrected chi connectivity index (χ2v) is 4.65. The van der Waals surface area contributed by atoms with Crippen molar-refractivity contribution >= 4 is 0 Å². The van der Waals surface area contributed by atoms with Gasteiger partial charge in [-0.2, -0.15) is 0 Å². The maximum atomic E-state index is 13.5. The molecule has 0 aromatic heterocycles. The molecule has 2 fully saturated rings. The summed E-state index contributed by atoms with van der Waals surface area (Å²) in [6.07, 6.45) is 0.824. The Balaban J connectivity index is 2.22. The number of halogens is 1. The Kier molecular flexibility index (Phi) is 2.17. The Labute approximate surface area is 88.2 Å². The molecule has 0 spiro atoms. The average molecular weight is 203 g/mol. The summed E-state index contributed by atoms with van der Waals surface area (Å²) in [5.41, 5.74) is -0.726. The third kappa shape index (κ3) is 1.80. The van der Waals surface area contributed by atoms with Crippen LogP contribution < -0.4 is 0 Å². The van der Waals surface area contributed by atoms with Gasteiger partial charge >= 0.3 is 0 Å². The lowest BCUT2D eigenvalue weighted by Gasteiger charge is -2.32. The fourth-order valence-electron chi connectivity index (χ4n) is 2.49. The van der Waals surface area contributed by atoms with Crippen molar-refractivity contribution < 1.29 is 11.9 Å². The molecule has 0 aliphatic carbocycles. The highest BCUT2D eigenvalue weighted by molar-refractivity contribution is 5.03. The van der Waals surface area contributed by atoms with Crippen LogP contribution in [0.2, 0.25) is 0 Å². The molecule has 0 aromatic rings. The lowest BCUT2D eigenvalue weighted by molar-refractivity contribution is 0.00276. The van der Waals surface area contributed by atoms with Crippen molar-refractivity contribution in [3.63, 3.8) is 0 Å². The fraction of sp³-hybridized carbons (Fsp3) is 1.00. The first-order valence-corrected chi connectivity index (χ1v) is 5.44. The van der Waals surface area contributed by atoms with Gasteiger partial charge in [0.25, 0.3) is 0 Å². The Hall–Kier alpha value is -0.150. The quantitative estimate of drug-likeness (QED) is 0.695. The molecule has 0 amide bonds. The second kappa shape index (κ2) is 3.78. The maximum Gasteiger partial charge on any atom is 0.115 e. The molecule has 0 saturated carbocycles. The average Bonchev–Trinajstić information content (AvgIpc) is 2.57. The molecular formula is C11H20FNO. The first-order valence-electron chi connectivity index (χ1n) is 6.44. The lowest BCUT2D eigenvalue weighted by atomic mass is 9.95. The number of alkyl halides is 1. The minimum atomic E-state index is -1.75.